The maximum atomic E-state index is 12.8. The number of hydrogen-bond acceptors (Lipinski definition) is 3. The first-order chi connectivity index (χ1) is 11.8. The second kappa shape index (κ2) is 6.93. The predicted molar refractivity (Wildman–Crippen MR) is 92.0 cm³/mol. The number of carbonyl (C=O) groups excluding carboxylic acids is 1. The molecule has 1 saturated carbocycles. The first-order valence-corrected chi connectivity index (χ1v) is 9.14. The van der Waals surface area contributed by atoms with Crippen LogP contribution in [0.5, 0.6) is 0 Å². The van der Waals surface area contributed by atoms with Crippen LogP contribution in [0.25, 0.3) is 5.65 Å². The highest BCUT2D eigenvalue weighted by Crippen LogP contribution is 2.29. The van der Waals surface area contributed by atoms with Gasteiger partial charge in [0.1, 0.15) is 11.3 Å². The zero-order chi connectivity index (χ0) is 16.4. The number of nitrogens with zero attached hydrogens (tertiary/aromatic N) is 3. The van der Waals surface area contributed by atoms with Crippen molar-refractivity contribution in [3.05, 3.63) is 36.3 Å². The molecule has 4 rings (SSSR count). The van der Waals surface area contributed by atoms with Crippen molar-refractivity contribution < 1.29 is 9.53 Å². The highest BCUT2D eigenvalue weighted by Gasteiger charge is 2.28. The Balaban J connectivity index is 1.42. The fraction of sp³-hybridized carbons (Fsp3) is 0.579. The molecule has 0 bridgehead atoms. The van der Waals surface area contributed by atoms with Crippen LogP contribution in [0.2, 0.25) is 0 Å². The molecule has 2 aromatic heterocycles. The normalized spacial score (nSPS) is 22.8. The minimum Gasteiger partial charge on any atom is -0.375 e. The maximum absolute atomic E-state index is 12.8. The quantitative estimate of drug-likeness (QED) is 0.870. The molecule has 1 aliphatic carbocycles. The number of pyridine rings is 1. The standard InChI is InChI=1S/C19H25N3O2/c23-19(17-14-21-9-5-4-8-18(21)20-17)22-10-11-24-16(13-22)12-15-6-2-1-3-7-15/h4-5,8-9,14-16H,1-3,6-7,10-13H2. The van der Waals surface area contributed by atoms with Gasteiger partial charge in [0.05, 0.1) is 12.7 Å². The van der Waals surface area contributed by atoms with Gasteiger partial charge >= 0.3 is 0 Å². The van der Waals surface area contributed by atoms with Crippen molar-refractivity contribution in [3.63, 3.8) is 0 Å². The molecule has 128 valence electrons. The summed E-state index contributed by atoms with van der Waals surface area (Å²) in [5.74, 6) is 0.796. The number of ether oxygens (including phenoxy) is 1. The lowest BCUT2D eigenvalue weighted by molar-refractivity contribution is -0.0338. The molecule has 0 spiro atoms. The van der Waals surface area contributed by atoms with Crippen LogP contribution < -0.4 is 0 Å². The summed E-state index contributed by atoms with van der Waals surface area (Å²) in [7, 11) is 0. The van der Waals surface area contributed by atoms with E-state index in [0.29, 0.717) is 25.4 Å². The molecule has 5 heteroatoms. The Bertz CT molecular complexity index is 672. The van der Waals surface area contributed by atoms with E-state index in [2.05, 4.69) is 4.98 Å². The minimum atomic E-state index is 0.0237. The van der Waals surface area contributed by atoms with Crippen molar-refractivity contribution in [2.45, 2.75) is 44.6 Å². The van der Waals surface area contributed by atoms with E-state index in [1.165, 1.54) is 32.1 Å². The van der Waals surface area contributed by atoms with Crippen LogP contribution in [-0.2, 0) is 4.74 Å². The lowest BCUT2D eigenvalue weighted by Gasteiger charge is -2.35. The first kappa shape index (κ1) is 15.6. The Kier molecular flexibility index (Phi) is 4.52. The molecule has 1 aliphatic heterocycles. The average molecular weight is 327 g/mol. The summed E-state index contributed by atoms with van der Waals surface area (Å²) >= 11 is 0. The summed E-state index contributed by atoms with van der Waals surface area (Å²) in [6.07, 6.45) is 11.7. The van der Waals surface area contributed by atoms with Crippen LogP contribution in [-0.4, -0.2) is 46.0 Å². The second-order valence-corrected chi connectivity index (χ2v) is 7.08. The molecule has 2 fully saturated rings. The number of aromatic nitrogens is 2. The molecule has 0 radical (unpaired) electrons. The summed E-state index contributed by atoms with van der Waals surface area (Å²) in [6.45, 7) is 1.99. The van der Waals surface area contributed by atoms with Gasteiger partial charge < -0.3 is 14.0 Å². The van der Waals surface area contributed by atoms with Crippen molar-refractivity contribution in [2.24, 2.45) is 5.92 Å². The van der Waals surface area contributed by atoms with E-state index in [9.17, 15) is 4.79 Å². The van der Waals surface area contributed by atoms with Gasteiger partial charge in [-0.15, -0.1) is 0 Å². The number of carbonyl (C=O) groups is 1. The van der Waals surface area contributed by atoms with Crippen molar-refractivity contribution in [3.8, 4) is 0 Å². The summed E-state index contributed by atoms with van der Waals surface area (Å²) in [4.78, 5) is 19.2. The van der Waals surface area contributed by atoms with E-state index in [-0.39, 0.29) is 12.0 Å². The van der Waals surface area contributed by atoms with Gasteiger partial charge in [0.25, 0.3) is 5.91 Å². The molecule has 1 atom stereocenters. The predicted octanol–water partition coefficient (Wildman–Crippen LogP) is 3.15. The van der Waals surface area contributed by atoms with Crippen LogP contribution in [0.3, 0.4) is 0 Å². The highest BCUT2D eigenvalue weighted by molar-refractivity contribution is 5.93. The summed E-state index contributed by atoms with van der Waals surface area (Å²) < 4.78 is 7.83. The molecule has 5 nitrogen and oxygen atoms in total. The van der Waals surface area contributed by atoms with Gasteiger partial charge in [0, 0.05) is 25.5 Å². The number of fused-ring (bicyclic) bond motifs is 1. The SMILES string of the molecule is O=C(c1cn2ccccc2n1)N1CCOC(CC2CCCCC2)C1. The van der Waals surface area contributed by atoms with Gasteiger partial charge in [0.2, 0.25) is 0 Å². The van der Waals surface area contributed by atoms with Crippen molar-refractivity contribution in [2.75, 3.05) is 19.7 Å². The number of rotatable bonds is 3. The van der Waals surface area contributed by atoms with Crippen LogP contribution in [0.1, 0.15) is 49.0 Å². The topological polar surface area (TPSA) is 46.8 Å². The van der Waals surface area contributed by atoms with E-state index in [1.807, 2.05) is 39.9 Å². The van der Waals surface area contributed by atoms with E-state index in [1.54, 1.807) is 0 Å². The van der Waals surface area contributed by atoms with E-state index < -0.39 is 0 Å². The average Bonchev–Trinajstić information content (AvgIpc) is 3.06. The molecule has 0 N–H and O–H groups in total. The number of morpholine rings is 1. The van der Waals surface area contributed by atoms with Crippen LogP contribution in [0.4, 0.5) is 0 Å². The first-order valence-electron chi connectivity index (χ1n) is 9.14. The smallest absolute Gasteiger partial charge is 0.274 e. The zero-order valence-electron chi connectivity index (χ0n) is 14.1. The fourth-order valence-corrected chi connectivity index (χ4v) is 4.04. The Morgan fingerprint density at radius 1 is 1.25 bits per heavy atom. The van der Waals surface area contributed by atoms with Crippen molar-refractivity contribution >= 4 is 11.6 Å². The fourth-order valence-electron chi connectivity index (χ4n) is 4.04. The molecule has 2 aliphatic rings. The molecule has 1 unspecified atom stereocenters. The molecule has 1 amide bonds. The molecular formula is C19H25N3O2. The largest absolute Gasteiger partial charge is 0.375 e. The van der Waals surface area contributed by atoms with E-state index >= 15 is 0 Å². The number of amides is 1. The van der Waals surface area contributed by atoms with E-state index in [0.717, 1.165) is 18.0 Å². The Hall–Kier alpha value is -1.88. The molecular weight excluding hydrogens is 302 g/mol. The van der Waals surface area contributed by atoms with Crippen LogP contribution >= 0.6 is 0 Å². The van der Waals surface area contributed by atoms with Gasteiger partial charge in [-0.2, -0.15) is 0 Å². The molecule has 3 heterocycles. The Morgan fingerprint density at radius 2 is 2.12 bits per heavy atom. The van der Waals surface area contributed by atoms with Crippen LogP contribution in [0, 0.1) is 5.92 Å². The zero-order valence-corrected chi connectivity index (χ0v) is 14.1. The van der Waals surface area contributed by atoms with Gasteiger partial charge in [-0.3, -0.25) is 4.79 Å². The second-order valence-electron chi connectivity index (χ2n) is 7.08. The molecule has 1 saturated heterocycles. The summed E-state index contributed by atoms with van der Waals surface area (Å²) in [6, 6.07) is 5.80. The molecule has 0 aromatic carbocycles. The maximum Gasteiger partial charge on any atom is 0.274 e. The Labute approximate surface area is 142 Å². The third-order valence-corrected chi connectivity index (χ3v) is 5.33. The monoisotopic (exact) mass is 327 g/mol. The van der Waals surface area contributed by atoms with Crippen molar-refractivity contribution in [1.29, 1.82) is 0 Å². The highest BCUT2D eigenvalue weighted by atomic mass is 16.5. The third kappa shape index (κ3) is 3.31. The summed E-state index contributed by atoms with van der Waals surface area (Å²) in [5.41, 5.74) is 1.34. The molecule has 24 heavy (non-hydrogen) atoms. The van der Waals surface area contributed by atoms with Gasteiger partial charge in [-0.1, -0.05) is 38.2 Å². The van der Waals surface area contributed by atoms with Crippen LogP contribution in [0.15, 0.2) is 30.6 Å². The third-order valence-electron chi connectivity index (χ3n) is 5.33. The lowest BCUT2D eigenvalue weighted by Crippen LogP contribution is -2.46. The number of imidazole rings is 1. The minimum absolute atomic E-state index is 0.0237. The van der Waals surface area contributed by atoms with Gasteiger partial charge in [-0.05, 0) is 24.5 Å². The number of hydrogen-bond donors (Lipinski definition) is 0. The molecule has 2 aromatic rings. The lowest BCUT2D eigenvalue weighted by atomic mass is 9.85. The summed E-state index contributed by atoms with van der Waals surface area (Å²) in [5, 5.41) is 0. The van der Waals surface area contributed by atoms with Gasteiger partial charge in [0.15, 0.2) is 0 Å². The van der Waals surface area contributed by atoms with Crippen molar-refractivity contribution in [1.82, 2.24) is 14.3 Å². The Morgan fingerprint density at radius 3 is 2.96 bits per heavy atom. The van der Waals surface area contributed by atoms with E-state index in [4.69, 9.17) is 4.74 Å². The van der Waals surface area contributed by atoms with Gasteiger partial charge in [-0.25, -0.2) is 4.98 Å².